The van der Waals surface area contributed by atoms with Crippen LogP contribution in [0.25, 0.3) is 5.76 Å². The average Bonchev–Trinajstić information content (AvgIpc) is 3.72. The number of hydrogen-bond acceptors (Lipinski definition) is 12. The molecule has 0 saturated carbocycles. The molecule has 7 N–H and O–H groups in total. The summed E-state index contributed by atoms with van der Waals surface area (Å²) in [6.07, 6.45) is 2.38. The first-order valence-corrected chi connectivity index (χ1v) is 18.2. The zero-order valence-corrected chi connectivity index (χ0v) is 31.1. The number of hydrogen-bond donors (Lipinski definition) is 7. The lowest BCUT2D eigenvalue weighted by atomic mass is 10.0. The summed E-state index contributed by atoms with van der Waals surface area (Å²) in [4.78, 5) is 103. The highest BCUT2D eigenvalue weighted by atomic mass is 16.5. The molecule has 0 radical (unpaired) electrons. The molecule has 18 nitrogen and oxygen atoms in total. The molecule has 1 saturated heterocycles. The van der Waals surface area contributed by atoms with Crippen molar-refractivity contribution >= 4 is 58.7 Å². The van der Waals surface area contributed by atoms with Gasteiger partial charge >= 0.3 is 0 Å². The number of aliphatic hydroxyl groups is 1. The maximum atomic E-state index is 13.2. The zero-order valence-electron chi connectivity index (χ0n) is 31.1. The van der Waals surface area contributed by atoms with Gasteiger partial charge in [0.1, 0.15) is 29.0 Å². The molecule has 58 heavy (non-hydrogen) atoms. The third kappa shape index (κ3) is 8.70. The second kappa shape index (κ2) is 17.2. The Hall–Kier alpha value is -7.37. The molecule has 2 atom stereocenters. The summed E-state index contributed by atoms with van der Waals surface area (Å²) in [5.74, 6) is -6.45. The number of benzene rings is 3. The number of fused-ring (bicyclic) bond motifs is 2. The first-order valence-electron chi connectivity index (χ1n) is 18.2. The Morgan fingerprint density at radius 1 is 0.966 bits per heavy atom. The minimum absolute atomic E-state index is 0.00737. The summed E-state index contributed by atoms with van der Waals surface area (Å²) in [7, 11) is 1.43. The van der Waals surface area contributed by atoms with Gasteiger partial charge < -0.3 is 35.8 Å². The molecule has 3 aromatic rings. The van der Waals surface area contributed by atoms with Crippen LogP contribution in [-0.2, 0) is 30.4 Å². The van der Waals surface area contributed by atoms with E-state index in [1.807, 2.05) is 24.3 Å². The standard InChI is InChI=1S/C40H39N7O11/c1-46(38(55)24-11-9-22(17-30(24)49)29(48)18-26(41)36(53)44-27-12-10-21-5-2-3-6-23(21)27)16-15-42-33(51)19-43-34(52)20-58-31-8-4-7-25-35(31)40(57)47(39(25)56)28-13-14-32(50)45-37(28)54/h2-9,11,17-18,27-28,41,48-49H,10,12-16,19-20H2,1H3,(H,42,51)(H,43,52)(H,44,53)(H,45,50,54)/b29-18-,41-26?. The number of nitrogens with zero attached hydrogens (tertiary/aromatic N) is 2. The molecular formula is C40H39N7O11. The number of likely N-dealkylation sites (N-methyl/N-ethyl adjacent to an activating group) is 1. The third-order valence-corrected chi connectivity index (χ3v) is 9.84. The minimum atomic E-state index is -1.17. The molecule has 8 amide bonds. The van der Waals surface area contributed by atoms with Crippen molar-refractivity contribution in [3.05, 3.63) is 100 Å². The van der Waals surface area contributed by atoms with Crippen LogP contribution in [0, 0.1) is 5.41 Å². The fraction of sp³-hybridized carbons (Fsp3) is 0.275. The van der Waals surface area contributed by atoms with E-state index in [9.17, 15) is 48.6 Å². The maximum Gasteiger partial charge on any atom is 0.269 e. The van der Waals surface area contributed by atoms with Crippen LogP contribution >= 0.6 is 0 Å². The van der Waals surface area contributed by atoms with Crippen LogP contribution < -0.4 is 26.0 Å². The summed E-state index contributed by atoms with van der Waals surface area (Å²) in [5.41, 5.74) is 1.41. The second-order valence-corrected chi connectivity index (χ2v) is 13.7. The topological polar surface area (TPSA) is 265 Å². The van der Waals surface area contributed by atoms with Crippen molar-refractivity contribution < 1.29 is 53.3 Å². The lowest BCUT2D eigenvalue weighted by Gasteiger charge is -2.27. The van der Waals surface area contributed by atoms with Gasteiger partial charge in [-0.05, 0) is 54.7 Å². The number of aliphatic hydroxyl groups excluding tert-OH is 1. The number of phenols is 1. The van der Waals surface area contributed by atoms with E-state index in [2.05, 4.69) is 21.3 Å². The molecule has 300 valence electrons. The van der Waals surface area contributed by atoms with Crippen LogP contribution in [0.15, 0.2) is 66.7 Å². The highest BCUT2D eigenvalue weighted by Gasteiger charge is 2.46. The van der Waals surface area contributed by atoms with Crippen molar-refractivity contribution in [3.63, 3.8) is 0 Å². The monoisotopic (exact) mass is 793 g/mol. The number of piperidine rings is 1. The minimum Gasteiger partial charge on any atom is -0.507 e. The van der Waals surface area contributed by atoms with Gasteiger partial charge in [-0.15, -0.1) is 0 Å². The average molecular weight is 794 g/mol. The van der Waals surface area contributed by atoms with E-state index >= 15 is 0 Å². The molecule has 6 rings (SSSR count). The quantitative estimate of drug-likeness (QED) is 0.0685. The van der Waals surface area contributed by atoms with E-state index in [1.54, 1.807) is 0 Å². The molecule has 0 bridgehead atoms. The number of phenolic OH excluding ortho intramolecular Hbond substituents is 1. The van der Waals surface area contributed by atoms with E-state index < -0.39 is 83.7 Å². The van der Waals surface area contributed by atoms with Crippen LogP contribution in [-0.4, -0.2) is 112 Å². The Bertz CT molecular complexity index is 2290. The van der Waals surface area contributed by atoms with Crippen molar-refractivity contribution in [1.82, 2.24) is 31.1 Å². The number of carbonyl (C=O) groups is 8. The molecule has 1 aliphatic carbocycles. The number of ether oxygens (including phenoxy) is 1. The largest absolute Gasteiger partial charge is 0.507 e. The molecule has 1 fully saturated rings. The summed E-state index contributed by atoms with van der Waals surface area (Å²) in [6.45, 7) is -1.10. The molecule has 0 aromatic heterocycles. The van der Waals surface area contributed by atoms with Gasteiger partial charge in [0.15, 0.2) is 6.61 Å². The van der Waals surface area contributed by atoms with Gasteiger partial charge in [-0.1, -0.05) is 36.4 Å². The summed E-state index contributed by atoms with van der Waals surface area (Å²) in [5, 5.41) is 39.1. The molecule has 2 aliphatic heterocycles. The number of carbonyl (C=O) groups excluding carboxylic acids is 8. The van der Waals surface area contributed by atoms with Gasteiger partial charge in [0.05, 0.1) is 29.3 Å². The molecular weight excluding hydrogens is 754 g/mol. The van der Waals surface area contributed by atoms with Crippen LogP contribution in [0.5, 0.6) is 11.5 Å². The summed E-state index contributed by atoms with van der Waals surface area (Å²) in [6, 6.07) is 14.2. The number of aromatic hydroxyl groups is 1. The number of amides is 8. The van der Waals surface area contributed by atoms with Gasteiger partial charge in [-0.2, -0.15) is 0 Å². The van der Waals surface area contributed by atoms with Gasteiger partial charge in [0, 0.05) is 38.2 Å². The lowest BCUT2D eigenvalue weighted by molar-refractivity contribution is -0.136. The predicted molar refractivity (Wildman–Crippen MR) is 204 cm³/mol. The number of nitrogens with one attached hydrogen (secondary N) is 5. The van der Waals surface area contributed by atoms with Crippen molar-refractivity contribution in [2.75, 3.05) is 33.3 Å². The Morgan fingerprint density at radius 3 is 2.50 bits per heavy atom. The SMILES string of the molecule is CN(CCNC(=O)CNC(=O)COc1cccc2c1C(=O)N(C1CCC(=O)NC1=O)C2=O)C(=O)c1ccc(/C(O)=C/C(=N)C(=O)NC2CCc3ccccc32)cc1O. The molecule has 3 aromatic carbocycles. The normalized spacial score (nSPS) is 17.2. The van der Waals surface area contributed by atoms with Crippen molar-refractivity contribution in [3.8, 4) is 11.5 Å². The van der Waals surface area contributed by atoms with Crippen LogP contribution in [0.1, 0.15) is 73.1 Å². The molecule has 2 heterocycles. The van der Waals surface area contributed by atoms with E-state index in [0.717, 1.165) is 34.6 Å². The van der Waals surface area contributed by atoms with Gasteiger partial charge in [0.2, 0.25) is 17.7 Å². The zero-order chi connectivity index (χ0) is 41.7. The fourth-order valence-corrected chi connectivity index (χ4v) is 6.81. The Balaban J connectivity index is 0.925. The fourth-order valence-electron chi connectivity index (χ4n) is 6.81. The number of aryl methyl sites for hydroxylation is 1. The van der Waals surface area contributed by atoms with E-state index in [4.69, 9.17) is 10.1 Å². The van der Waals surface area contributed by atoms with E-state index in [-0.39, 0.29) is 60.0 Å². The smallest absolute Gasteiger partial charge is 0.269 e. The van der Waals surface area contributed by atoms with Crippen molar-refractivity contribution in [2.45, 2.75) is 37.8 Å². The summed E-state index contributed by atoms with van der Waals surface area (Å²) < 4.78 is 5.51. The Labute approximate surface area is 330 Å². The molecule has 2 unspecified atom stereocenters. The van der Waals surface area contributed by atoms with Crippen molar-refractivity contribution in [2.24, 2.45) is 0 Å². The molecule has 0 spiro atoms. The van der Waals surface area contributed by atoms with Crippen LogP contribution in [0.3, 0.4) is 0 Å². The lowest BCUT2D eigenvalue weighted by Crippen LogP contribution is -2.54. The number of rotatable bonds is 14. The van der Waals surface area contributed by atoms with Crippen LogP contribution in [0.4, 0.5) is 0 Å². The second-order valence-electron chi connectivity index (χ2n) is 13.7. The molecule has 3 aliphatic rings. The highest BCUT2D eigenvalue weighted by Crippen LogP contribution is 2.34. The van der Waals surface area contributed by atoms with Crippen LogP contribution in [0.2, 0.25) is 0 Å². The first kappa shape index (κ1) is 40.3. The van der Waals surface area contributed by atoms with E-state index in [1.165, 1.54) is 42.3 Å². The Morgan fingerprint density at radius 2 is 1.74 bits per heavy atom. The maximum absolute atomic E-state index is 13.2. The summed E-state index contributed by atoms with van der Waals surface area (Å²) >= 11 is 0. The predicted octanol–water partition coefficient (Wildman–Crippen LogP) is 0.899. The van der Waals surface area contributed by atoms with Crippen molar-refractivity contribution in [1.29, 1.82) is 5.41 Å². The van der Waals surface area contributed by atoms with Gasteiger partial charge in [-0.3, -0.25) is 54.0 Å². The number of imide groups is 2. The van der Waals surface area contributed by atoms with Gasteiger partial charge in [-0.25, -0.2) is 0 Å². The first-order chi connectivity index (χ1) is 27.7. The van der Waals surface area contributed by atoms with Gasteiger partial charge in [0.25, 0.3) is 29.5 Å². The third-order valence-electron chi connectivity index (χ3n) is 9.84. The highest BCUT2D eigenvalue weighted by molar-refractivity contribution is 6.43. The Kier molecular flexibility index (Phi) is 11.9. The van der Waals surface area contributed by atoms with E-state index in [0.29, 0.717) is 6.42 Å². The molecule has 18 heteroatoms.